The van der Waals surface area contributed by atoms with E-state index in [0.29, 0.717) is 17.0 Å². The minimum atomic E-state index is -0.0261. The van der Waals surface area contributed by atoms with E-state index in [1.807, 2.05) is 0 Å². The lowest BCUT2D eigenvalue weighted by molar-refractivity contribution is 0.101. The number of Topliss-reactive ketones (excluding diaryl/α,β-unsaturated/α-hetero) is 1. The first kappa shape index (κ1) is 10.4. The minimum Gasteiger partial charge on any atom is -0.496 e. The standard InChI is InChI=1S/C10H12N2O2/c1-7(13)9-5-4-8(12-11-2)6-10(9)14-3/h4-6H,1-3H3. The highest BCUT2D eigenvalue weighted by Crippen LogP contribution is 2.25. The molecular formula is C10H12N2O2. The van der Waals surface area contributed by atoms with Crippen molar-refractivity contribution >= 4 is 11.5 Å². The van der Waals surface area contributed by atoms with Crippen molar-refractivity contribution in [2.45, 2.75) is 6.92 Å². The second-order valence-electron chi connectivity index (χ2n) is 2.74. The summed E-state index contributed by atoms with van der Waals surface area (Å²) in [7, 11) is 3.11. The number of methoxy groups -OCH3 is 1. The highest BCUT2D eigenvalue weighted by Gasteiger charge is 2.07. The maximum absolute atomic E-state index is 11.2. The molecule has 0 aromatic heterocycles. The Labute approximate surface area is 82.6 Å². The maximum Gasteiger partial charge on any atom is 0.163 e. The van der Waals surface area contributed by atoms with E-state index in [4.69, 9.17) is 4.74 Å². The van der Waals surface area contributed by atoms with E-state index in [2.05, 4.69) is 10.2 Å². The number of azo groups is 1. The van der Waals surface area contributed by atoms with Crippen molar-refractivity contribution in [1.82, 2.24) is 0 Å². The molecule has 4 nitrogen and oxygen atoms in total. The van der Waals surface area contributed by atoms with E-state index in [1.165, 1.54) is 14.0 Å². The van der Waals surface area contributed by atoms with Gasteiger partial charge in [-0.1, -0.05) is 0 Å². The van der Waals surface area contributed by atoms with Gasteiger partial charge in [-0.3, -0.25) is 4.79 Å². The van der Waals surface area contributed by atoms with Gasteiger partial charge in [0.2, 0.25) is 0 Å². The average molecular weight is 192 g/mol. The van der Waals surface area contributed by atoms with Gasteiger partial charge in [0.1, 0.15) is 5.75 Å². The Bertz CT molecular complexity index is 372. The molecule has 1 rings (SSSR count). The first-order chi connectivity index (χ1) is 6.69. The SMILES string of the molecule is CN=Nc1ccc(C(C)=O)c(OC)c1. The van der Waals surface area contributed by atoms with Crippen molar-refractivity contribution in [1.29, 1.82) is 0 Å². The summed E-state index contributed by atoms with van der Waals surface area (Å²) >= 11 is 0. The zero-order valence-corrected chi connectivity index (χ0v) is 8.44. The Hall–Kier alpha value is -1.71. The Kier molecular flexibility index (Phi) is 3.34. The van der Waals surface area contributed by atoms with Crippen LogP contribution in [0, 0.1) is 0 Å². The largest absolute Gasteiger partial charge is 0.496 e. The molecule has 1 aromatic rings. The first-order valence-corrected chi connectivity index (χ1v) is 4.18. The number of benzene rings is 1. The zero-order chi connectivity index (χ0) is 10.6. The van der Waals surface area contributed by atoms with Crippen LogP contribution in [0.15, 0.2) is 28.4 Å². The molecule has 74 valence electrons. The van der Waals surface area contributed by atoms with Gasteiger partial charge in [0.25, 0.3) is 0 Å². The zero-order valence-electron chi connectivity index (χ0n) is 8.44. The lowest BCUT2D eigenvalue weighted by Gasteiger charge is -2.05. The number of ketones is 1. The van der Waals surface area contributed by atoms with E-state index >= 15 is 0 Å². The third-order valence-electron chi connectivity index (χ3n) is 1.78. The molecule has 14 heavy (non-hydrogen) atoms. The van der Waals surface area contributed by atoms with Gasteiger partial charge in [-0.2, -0.15) is 10.2 Å². The predicted molar refractivity (Wildman–Crippen MR) is 53.4 cm³/mol. The molecule has 0 radical (unpaired) electrons. The van der Waals surface area contributed by atoms with Crippen LogP contribution in [0.3, 0.4) is 0 Å². The molecule has 0 heterocycles. The molecule has 0 aliphatic heterocycles. The number of hydrogen-bond donors (Lipinski definition) is 0. The van der Waals surface area contributed by atoms with Gasteiger partial charge in [-0.15, -0.1) is 0 Å². The molecule has 0 aliphatic carbocycles. The summed E-state index contributed by atoms with van der Waals surface area (Å²) < 4.78 is 5.07. The van der Waals surface area contributed by atoms with Crippen LogP contribution in [0.5, 0.6) is 5.75 Å². The number of carbonyl (C=O) groups excluding carboxylic acids is 1. The minimum absolute atomic E-state index is 0.0261. The van der Waals surface area contributed by atoms with Crippen molar-refractivity contribution in [3.63, 3.8) is 0 Å². The fraction of sp³-hybridized carbons (Fsp3) is 0.300. The molecule has 0 aliphatic rings. The summed E-state index contributed by atoms with van der Waals surface area (Å²) in [6.45, 7) is 1.50. The second kappa shape index (κ2) is 4.50. The van der Waals surface area contributed by atoms with Crippen LogP contribution in [-0.2, 0) is 0 Å². The third-order valence-corrected chi connectivity index (χ3v) is 1.78. The molecule has 0 amide bonds. The van der Waals surface area contributed by atoms with Gasteiger partial charge in [-0.05, 0) is 19.1 Å². The molecule has 0 N–H and O–H groups in total. The van der Waals surface area contributed by atoms with Gasteiger partial charge in [0.05, 0.1) is 18.4 Å². The molecule has 0 bridgehead atoms. The number of carbonyl (C=O) groups is 1. The molecule has 0 atom stereocenters. The van der Waals surface area contributed by atoms with E-state index in [1.54, 1.807) is 25.2 Å². The molecule has 0 saturated heterocycles. The molecule has 0 unspecified atom stereocenters. The number of ether oxygens (including phenoxy) is 1. The molecule has 0 fully saturated rings. The van der Waals surface area contributed by atoms with Crippen LogP contribution in [-0.4, -0.2) is 19.9 Å². The fourth-order valence-corrected chi connectivity index (χ4v) is 1.15. The number of nitrogens with zero attached hydrogens (tertiary/aromatic N) is 2. The van der Waals surface area contributed by atoms with Crippen molar-refractivity contribution in [2.24, 2.45) is 10.2 Å². The summed E-state index contributed by atoms with van der Waals surface area (Å²) in [5, 5.41) is 7.49. The van der Waals surface area contributed by atoms with Gasteiger partial charge in [-0.25, -0.2) is 0 Å². The summed E-state index contributed by atoms with van der Waals surface area (Å²) in [6.07, 6.45) is 0. The van der Waals surface area contributed by atoms with E-state index in [0.717, 1.165) is 0 Å². The smallest absolute Gasteiger partial charge is 0.163 e. The lowest BCUT2D eigenvalue weighted by Crippen LogP contribution is -1.96. The predicted octanol–water partition coefficient (Wildman–Crippen LogP) is 2.61. The fourth-order valence-electron chi connectivity index (χ4n) is 1.15. The normalized spacial score (nSPS) is 10.5. The number of rotatable bonds is 3. The van der Waals surface area contributed by atoms with Gasteiger partial charge in [0.15, 0.2) is 5.78 Å². The Morgan fingerprint density at radius 2 is 2.14 bits per heavy atom. The lowest BCUT2D eigenvalue weighted by atomic mass is 10.1. The highest BCUT2D eigenvalue weighted by molar-refractivity contribution is 5.97. The van der Waals surface area contributed by atoms with E-state index < -0.39 is 0 Å². The Balaban J connectivity index is 3.17. The van der Waals surface area contributed by atoms with Crippen molar-refractivity contribution < 1.29 is 9.53 Å². The second-order valence-corrected chi connectivity index (χ2v) is 2.74. The topological polar surface area (TPSA) is 51.0 Å². The third kappa shape index (κ3) is 2.16. The van der Waals surface area contributed by atoms with E-state index in [9.17, 15) is 4.79 Å². The highest BCUT2D eigenvalue weighted by atomic mass is 16.5. The van der Waals surface area contributed by atoms with Gasteiger partial charge < -0.3 is 4.74 Å². The van der Waals surface area contributed by atoms with Crippen LogP contribution in [0.2, 0.25) is 0 Å². The quantitative estimate of drug-likeness (QED) is 0.546. The first-order valence-electron chi connectivity index (χ1n) is 4.18. The maximum atomic E-state index is 11.2. The molecule has 0 saturated carbocycles. The van der Waals surface area contributed by atoms with Gasteiger partial charge >= 0.3 is 0 Å². The Morgan fingerprint density at radius 3 is 2.64 bits per heavy atom. The Morgan fingerprint density at radius 1 is 1.43 bits per heavy atom. The van der Waals surface area contributed by atoms with Crippen molar-refractivity contribution in [3.8, 4) is 5.75 Å². The molecular weight excluding hydrogens is 180 g/mol. The van der Waals surface area contributed by atoms with Gasteiger partial charge in [0, 0.05) is 13.1 Å². The molecule has 4 heteroatoms. The van der Waals surface area contributed by atoms with Crippen LogP contribution in [0.25, 0.3) is 0 Å². The summed E-state index contributed by atoms with van der Waals surface area (Å²) in [4.78, 5) is 11.2. The monoisotopic (exact) mass is 192 g/mol. The van der Waals surface area contributed by atoms with Crippen molar-refractivity contribution in [2.75, 3.05) is 14.2 Å². The number of hydrogen-bond acceptors (Lipinski definition) is 4. The molecule has 1 aromatic carbocycles. The summed E-state index contributed by atoms with van der Waals surface area (Å²) in [5.41, 5.74) is 1.23. The van der Waals surface area contributed by atoms with Crippen molar-refractivity contribution in [3.05, 3.63) is 23.8 Å². The summed E-state index contributed by atoms with van der Waals surface area (Å²) in [6, 6.07) is 5.10. The van der Waals surface area contributed by atoms with Crippen LogP contribution < -0.4 is 4.74 Å². The van der Waals surface area contributed by atoms with E-state index in [-0.39, 0.29) is 5.78 Å². The average Bonchev–Trinajstić information content (AvgIpc) is 2.17. The summed E-state index contributed by atoms with van der Waals surface area (Å²) in [5.74, 6) is 0.504. The molecule has 0 spiro atoms. The van der Waals surface area contributed by atoms with Crippen LogP contribution in [0.4, 0.5) is 5.69 Å². The van der Waals surface area contributed by atoms with Crippen LogP contribution in [0.1, 0.15) is 17.3 Å². The van der Waals surface area contributed by atoms with Crippen LogP contribution >= 0.6 is 0 Å².